The fourth-order valence-corrected chi connectivity index (χ4v) is 2.56. The van der Waals surface area contributed by atoms with Gasteiger partial charge in [-0.15, -0.1) is 0 Å². The third-order valence-corrected chi connectivity index (χ3v) is 3.40. The van der Waals surface area contributed by atoms with Crippen molar-refractivity contribution in [3.05, 3.63) is 48.5 Å². The Morgan fingerprint density at radius 3 is 2.79 bits per heavy atom. The summed E-state index contributed by atoms with van der Waals surface area (Å²) >= 11 is 0. The van der Waals surface area contributed by atoms with Crippen LogP contribution in [-0.2, 0) is 11.3 Å². The molecule has 4 nitrogen and oxygen atoms in total. The minimum absolute atomic E-state index is 0.0191. The Balaban J connectivity index is 2.11. The highest BCUT2D eigenvalue weighted by Crippen LogP contribution is 2.32. The maximum atomic E-state index is 12.0. The van der Waals surface area contributed by atoms with Crippen molar-refractivity contribution in [3.63, 3.8) is 0 Å². The van der Waals surface area contributed by atoms with Crippen LogP contribution in [0.2, 0.25) is 0 Å². The first-order valence-corrected chi connectivity index (χ1v) is 6.17. The molecule has 1 amide bonds. The molecule has 0 spiro atoms. The van der Waals surface area contributed by atoms with Crippen LogP contribution in [0, 0.1) is 0 Å². The molecule has 0 radical (unpaired) electrons. The number of hydrogen-bond acceptors (Lipinski definition) is 2. The summed E-state index contributed by atoms with van der Waals surface area (Å²) in [5.41, 5.74) is 3.69. The number of hydrogen-bond donors (Lipinski definition) is 1. The molecule has 1 aromatic heterocycles. The van der Waals surface area contributed by atoms with Crippen molar-refractivity contribution >= 4 is 22.6 Å². The van der Waals surface area contributed by atoms with Crippen molar-refractivity contribution in [1.82, 2.24) is 9.55 Å². The number of carbonyl (C=O) groups is 1. The molecule has 4 rings (SSSR count). The molecule has 4 heteroatoms. The van der Waals surface area contributed by atoms with Crippen LogP contribution in [0.5, 0.6) is 0 Å². The highest BCUT2D eigenvalue weighted by molar-refractivity contribution is 5.99. The lowest BCUT2D eigenvalue weighted by Crippen LogP contribution is -2.16. The molecule has 0 saturated heterocycles. The van der Waals surface area contributed by atoms with Gasteiger partial charge in [0.2, 0.25) is 5.91 Å². The molecule has 2 aromatic carbocycles. The van der Waals surface area contributed by atoms with Gasteiger partial charge in [0.1, 0.15) is 12.4 Å². The van der Waals surface area contributed by atoms with Crippen molar-refractivity contribution in [2.24, 2.45) is 0 Å². The van der Waals surface area contributed by atoms with Gasteiger partial charge in [0, 0.05) is 5.56 Å². The van der Waals surface area contributed by atoms with E-state index in [9.17, 15) is 4.79 Å². The Labute approximate surface area is 109 Å². The first-order valence-electron chi connectivity index (χ1n) is 6.17. The molecule has 1 N–H and O–H groups in total. The van der Waals surface area contributed by atoms with Crippen molar-refractivity contribution in [2.75, 3.05) is 5.32 Å². The van der Waals surface area contributed by atoms with E-state index in [-0.39, 0.29) is 5.91 Å². The van der Waals surface area contributed by atoms with Crippen molar-refractivity contribution in [3.8, 4) is 11.4 Å². The molecule has 0 fully saturated rings. The molecular formula is C15H11N3O. The van der Waals surface area contributed by atoms with E-state index >= 15 is 0 Å². The molecule has 1 aliphatic rings. The van der Waals surface area contributed by atoms with Crippen LogP contribution in [0.15, 0.2) is 48.5 Å². The first-order chi connectivity index (χ1) is 9.33. The van der Waals surface area contributed by atoms with E-state index in [4.69, 9.17) is 0 Å². The predicted octanol–water partition coefficient (Wildman–Crippen LogP) is 2.66. The summed E-state index contributed by atoms with van der Waals surface area (Å²) in [7, 11) is 0. The lowest BCUT2D eigenvalue weighted by atomic mass is 10.1. The molecule has 3 aromatic rings. The zero-order chi connectivity index (χ0) is 12.8. The molecule has 0 saturated carbocycles. The third kappa shape index (κ3) is 1.46. The van der Waals surface area contributed by atoms with Crippen LogP contribution < -0.4 is 5.32 Å². The quantitative estimate of drug-likeness (QED) is 0.665. The summed E-state index contributed by atoms with van der Waals surface area (Å²) in [6.07, 6.45) is 0. The fourth-order valence-electron chi connectivity index (χ4n) is 2.56. The monoisotopic (exact) mass is 249 g/mol. The van der Waals surface area contributed by atoms with E-state index in [1.165, 1.54) is 0 Å². The van der Waals surface area contributed by atoms with Crippen LogP contribution in [0.3, 0.4) is 0 Å². The largest absolute Gasteiger partial charge is 0.324 e. The zero-order valence-corrected chi connectivity index (χ0v) is 10.1. The van der Waals surface area contributed by atoms with Crippen LogP contribution >= 0.6 is 0 Å². The maximum absolute atomic E-state index is 12.0. The molecule has 1 aliphatic heterocycles. The van der Waals surface area contributed by atoms with E-state index in [1.807, 2.05) is 53.1 Å². The summed E-state index contributed by atoms with van der Waals surface area (Å²) in [6.45, 7) is 0.296. The number of fused-ring (bicyclic) bond motifs is 5. The van der Waals surface area contributed by atoms with Gasteiger partial charge in [-0.2, -0.15) is 0 Å². The SMILES string of the molecule is O=C1Cn2c(nc3ccccc32)-c2ccccc2N1. The van der Waals surface area contributed by atoms with Gasteiger partial charge < -0.3 is 9.88 Å². The topological polar surface area (TPSA) is 46.9 Å². The highest BCUT2D eigenvalue weighted by atomic mass is 16.2. The van der Waals surface area contributed by atoms with Crippen molar-refractivity contribution in [1.29, 1.82) is 0 Å². The Kier molecular flexibility index (Phi) is 2.00. The molecule has 0 aliphatic carbocycles. The standard InChI is InChI=1S/C15H11N3O/c19-14-9-18-13-8-4-3-7-12(13)17-15(18)10-5-1-2-6-11(10)16-14/h1-8H,9H2,(H,16,19). The molecule has 0 atom stereocenters. The number of benzene rings is 2. The number of aromatic nitrogens is 2. The second-order valence-corrected chi connectivity index (χ2v) is 4.60. The molecule has 19 heavy (non-hydrogen) atoms. The Morgan fingerprint density at radius 2 is 1.84 bits per heavy atom. The van der Waals surface area contributed by atoms with Crippen molar-refractivity contribution in [2.45, 2.75) is 6.54 Å². The van der Waals surface area contributed by atoms with Gasteiger partial charge in [-0.3, -0.25) is 4.79 Å². The van der Waals surface area contributed by atoms with Gasteiger partial charge in [0.15, 0.2) is 0 Å². The van der Waals surface area contributed by atoms with E-state index < -0.39 is 0 Å². The minimum atomic E-state index is -0.0191. The lowest BCUT2D eigenvalue weighted by Gasteiger charge is -2.04. The summed E-state index contributed by atoms with van der Waals surface area (Å²) in [5.74, 6) is 0.824. The number of nitrogens with zero attached hydrogens (tertiary/aromatic N) is 2. The second-order valence-electron chi connectivity index (χ2n) is 4.60. The van der Waals surface area contributed by atoms with Crippen LogP contribution in [0.4, 0.5) is 5.69 Å². The molecular weight excluding hydrogens is 238 g/mol. The summed E-state index contributed by atoms with van der Waals surface area (Å²) < 4.78 is 1.97. The lowest BCUT2D eigenvalue weighted by molar-refractivity contribution is -0.116. The molecule has 92 valence electrons. The second kappa shape index (κ2) is 3.68. The van der Waals surface area contributed by atoms with Gasteiger partial charge in [-0.05, 0) is 24.3 Å². The number of imidazole rings is 1. The Hall–Kier alpha value is -2.62. The van der Waals surface area contributed by atoms with E-state index in [1.54, 1.807) is 0 Å². The Bertz CT molecular complexity index is 804. The smallest absolute Gasteiger partial charge is 0.244 e. The van der Waals surface area contributed by atoms with Gasteiger partial charge in [-0.1, -0.05) is 24.3 Å². The minimum Gasteiger partial charge on any atom is -0.324 e. The van der Waals surface area contributed by atoms with Crippen LogP contribution in [-0.4, -0.2) is 15.5 Å². The van der Waals surface area contributed by atoms with Crippen molar-refractivity contribution < 1.29 is 4.79 Å². The zero-order valence-electron chi connectivity index (χ0n) is 10.1. The molecule has 0 bridgehead atoms. The third-order valence-electron chi connectivity index (χ3n) is 3.40. The number of rotatable bonds is 0. The van der Waals surface area contributed by atoms with Gasteiger partial charge in [0.25, 0.3) is 0 Å². The number of amides is 1. The average molecular weight is 249 g/mol. The maximum Gasteiger partial charge on any atom is 0.244 e. The normalized spacial score (nSPS) is 13.6. The first kappa shape index (κ1) is 10.3. The van der Waals surface area contributed by atoms with Crippen LogP contribution in [0.1, 0.15) is 0 Å². The summed E-state index contributed by atoms with van der Waals surface area (Å²) in [4.78, 5) is 16.7. The Morgan fingerprint density at radius 1 is 1.05 bits per heavy atom. The average Bonchev–Trinajstić information content (AvgIpc) is 2.71. The summed E-state index contributed by atoms with van der Waals surface area (Å²) in [6, 6.07) is 15.6. The molecule has 0 unspecified atom stereocenters. The predicted molar refractivity (Wildman–Crippen MR) is 73.8 cm³/mol. The number of carbonyl (C=O) groups excluding carboxylic acids is 1. The van der Waals surface area contributed by atoms with Gasteiger partial charge in [0.05, 0.1) is 16.7 Å². The van der Waals surface area contributed by atoms with Gasteiger partial charge >= 0.3 is 0 Å². The van der Waals surface area contributed by atoms with Gasteiger partial charge in [-0.25, -0.2) is 4.98 Å². The number of anilines is 1. The number of para-hydroxylation sites is 3. The van der Waals surface area contributed by atoms with E-state index in [0.717, 1.165) is 28.1 Å². The summed E-state index contributed by atoms with van der Waals surface area (Å²) in [5, 5.41) is 2.92. The van der Waals surface area contributed by atoms with Crippen LogP contribution in [0.25, 0.3) is 22.4 Å². The van der Waals surface area contributed by atoms with E-state index in [0.29, 0.717) is 6.54 Å². The molecule has 2 heterocycles. The number of nitrogens with one attached hydrogen (secondary N) is 1. The fraction of sp³-hybridized carbons (Fsp3) is 0.0667. The van der Waals surface area contributed by atoms with E-state index in [2.05, 4.69) is 10.3 Å². The highest BCUT2D eigenvalue weighted by Gasteiger charge is 2.21.